The lowest BCUT2D eigenvalue weighted by Gasteiger charge is -2.26. The summed E-state index contributed by atoms with van der Waals surface area (Å²) in [6.45, 7) is 8.16. The van der Waals surface area contributed by atoms with E-state index in [1.807, 2.05) is 13.2 Å². The number of nitrogens with zero attached hydrogens (tertiary/aromatic N) is 1. The van der Waals surface area contributed by atoms with Gasteiger partial charge in [-0.1, -0.05) is 0 Å². The predicted octanol–water partition coefficient (Wildman–Crippen LogP) is 1.73. The van der Waals surface area contributed by atoms with Crippen LogP contribution in [0, 0.1) is 0 Å². The molecule has 0 aromatic carbocycles. The molecule has 3 nitrogen and oxygen atoms in total. The molecule has 0 aliphatic heterocycles. The molecule has 1 saturated carbocycles. The minimum absolute atomic E-state index is 0.0634. The van der Waals surface area contributed by atoms with Crippen LogP contribution in [0.15, 0.2) is 0 Å². The number of thioether (sulfide) groups is 1. The van der Waals surface area contributed by atoms with Crippen molar-refractivity contribution in [1.82, 2.24) is 10.2 Å². The Morgan fingerprint density at radius 2 is 2.06 bits per heavy atom. The van der Waals surface area contributed by atoms with Gasteiger partial charge in [0.1, 0.15) is 0 Å². The number of hydrogen-bond acceptors (Lipinski definition) is 3. The average molecular weight is 244 g/mol. The van der Waals surface area contributed by atoms with Crippen molar-refractivity contribution in [1.29, 1.82) is 0 Å². The number of rotatable bonds is 7. The molecule has 0 heterocycles. The van der Waals surface area contributed by atoms with E-state index < -0.39 is 0 Å². The summed E-state index contributed by atoms with van der Waals surface area (Å²) in [6.07, 6.45) is 4.62. The highest BCUT2D eigenvalue weighted by Crippen LogP contribution is 2.27. The van der Waals surface area contributed by atoms with Crippen LogP contribution in [0.25, 0.3) is 0 Å². The summed E-state index contributed by atoms with van der Waals surface area (Å²) in [6, 6.07) is 1.36. The zero-order chi connectivity index (χ0) is 12.1. The summed E-state index contributed by atoms with van der Waals surface area (Å²) < 4.78 is 0. The van der Waals surface area contributed by atoms with Crippen LogP contribution in [0.2, 0.25) is 0 Å². The standard InChI is InChI=1S/C12H24N2OS/c1-9(2)14(11-5-6-11)8-7-13-12(15)10(3)16-4/h9-11H,5-8H2,1-4H3,(H,13,15)/t10-/m1/s1. The minimum Gasteiger partial charge on any atom is -0.354 e. The van der Waals surface area contributed by atoms with Crippen LogP contribution >= 0.6 is 11.8 Å². The van der Waals surface area contributed by atoms with Crippen LogP contribution in [0.5, 0.6) is 0 Å². The van der Waals surface area contributed by atoms with Gasteiger partial charge in [-0.15, -0.1) is 0 Å². The third-order valence-corrected chi connectivity index (χ3v) is 3.99. The first kappa shape index (κ1) is 13.8. The topological polar surface area (TPSA) is 32.3 Å². The van der Waals surface area contributed by atoms with Crippen molar-refractivity contribution in [3.05, 3.63) is 0 Å². The molecule has 0 radical (unpaired) electrons. The Morgan fingerprint density at radius 3 is 2.50 bits per heavy atom. The molecule has 1 aliphatic carbocycles. The Kier molecular flexibility index (Phi) is 5.62. The Labute approximate surface area is 103 Å². The first-order valence-electron chi connectivity index (χ1n) is 6.12. The Bertz CT molecular complexity index is 227. The second-order valence-corrected chi connectivity index (χ2v) is 5.91. The van der Waals surface area contributed by atoms with Gasteiger partial charge in [-0.05, 0) is 39.9 Å². The number of amides is 1. The molecule has 1 fully saturated rings. The third-order valence-electron chi connectivity index (χ3n) is 3.07. The first-order chi connectivity index (χ1) is 7.56. The Balaban J connectivity index is 2.20. The fourth-order valence-corrected chi connectivity index (χ4v) is 2.12. The van der Waals surface area contributed by atoms with Crippen molar-refractivity contribution < 1.29 is 4.79 Å². The van der Waals surface area contributed by atoms with E-state index in [-0.39, 0.29) is 11.2 Å². The van der Waals surface area contributed by atoms with Gasteiger partial charge in [-0.3, -0.25) is 9.69 Å². The summed E-state index contributed by atoms with van der Waals surface area (Å²) >= 11 is 1.59. The van der Waals surface area contributed by atoms with Crippen molar-refractivity contribution in [2.45, 2.75) is 50.9 Å². The lowest BCUT2D eigenvalue weighted by molar-refractivity contribution is -0.120. The summed E-state index contributed by atoms with van der Waals surface area (Å²) in [5, 5.41) is 3.06. The van der Waals surface area contributed by atoms with Crippen molar-refractivity contribution >= 4 is 17.7 Å². The van der Waals surface area contributed by atoms with Gasteiger partial charge < -0.3 is 5.32 Å². The largest absolute Gasteiger partial charge is 0.354 e. The maximum absolute atomic E-state index is 11.6. The van der Waals surface area contributed by atoms with Crippen molar-refractivity contribution in [2.24, 2.45) is 0 Å². The van der Waals surface area contributed by atoms with Gasteiger partial charge in [0.05, 0.1) is 5.25 Å². The highest BCUT2D eigenvalue weighted by molar-refractivity contribution is 7.99. The van der Waals surface area contributed by atoms with E-state index in [2.05, 4.69) is 24.1 Å². The van der Waals surface area contributed by atoms with E-state index in [1.165, 1.54) is 12.8 Å². The molecule has 1 rings (SSSR count). The van der Waals surface area contributed by atoms with Crippen molar-refractivity contribution in [3.8, 4) is 0 Å². The number of carbonyl (C=O) groups is 1. The first-order valence-corrected chi connectivity index (χ1v) is 7.41. The van der Waals surface area contributed by atoms with E-state index in [1.54, 1.807) is 11.8 Å². The van der Waals surface area contributed by atoms with Crippen LogP contribution in [0.3, 0.4) is 0 Å². The molecule has 4 heteroatoms. The predicted molar refractivity (Wildman–Crippen MR) is 70.9 cm³/mol. The molecule has 0 bridgehead atoms. The molecule has 0 unspecified atom stereocenters. The molecule has 1 amide bonds. The molecular formula is C12H24N2OS. The maximum Gasteiger partial charge on any atom is 0.232 e. The molecule has 0 aromatic rings. The van der Waals surface area contributed by atoms with E-state index in [0.717, 1.165) is 19.1 Å². The van der Waals surface area contributed by atoms with Crippen LogP contribution in [0.1, 0.15) is 33.6 Å². The van der Waals surface area contributed by atoms with Crippen LogP contribution in [0.4, 0.5) is 0 Å². The molecule has 0 aromatic heterocycles. The normalized spacial score (nSPS) is 17.9. The van der Waals surface area contributed by atoms with Crippen LogP contribution < -0.4 is 5.32 Å². The number of carbonyl (C=O) groups excluding carboxylic acids is 1. The van der Waals surface area contributed by atoms with Gasteiger partial charge in [-0.25, -0.2) is 0 Å². The van der Waals surface area contributed by atoms with Gasteiger partial charge in [-0.2, -0.15) is 11.8 Å². The van der Waals surface area contributed by atoms with Gasteiger partial charge >= 0.3 is 0 Å². The van der Waals surface area contributed by atoms with Gasteiger partial charge in [0, 0.05) is 25.2 Å². The van der Waals surface area contributed by atoms with Crippen LogP contribution in [-0.2, 0) is 4.79 Å². The molecule has 1 atom stereocenters. The minimum atomic E-state index is 0.0634. The Morgan fingerprint density at radius 1 is 1.44 bits per heavy atom. The second-order valence-electron chi connectivity index (χ2n) is 4.73. The zero-order valence-corrected chi connectivity index (χ0v) is 11.6. The van der Waals surface area contributed by atoms with Crippen LogP contribution in [-0.4, -0.2) is 47.5 Å². The smallest absolute Gasteiger partial charge is 0.232 e. The lowest BCUT2D eigenvalue weighted by Crippen LogP contribution is -2.41. The number of nitrogens with one attached hydrogen (secondary N) is 1. The van der Waals surface area contributed by atoms with E-state index in [0.29, 0.717) is 6.04 Å². The summed E-state index contributed by atoms with van der Waals surface area (Å²) in [7, 11) is 0. The molecule has 0 saturated heterocycles. The van der Waals surface area contributed by atoms with E-state index in [9.17, 15) is 4.79 Å². The fourth-order valence-electron chi connectivity index (χ4n) is 1.83. The molecule has 16 heavy (non-hydrogen) atoms. The highest BCUT2D eigenvalue weighted by Gasteiger charge is 2.30. The number of hydrogen-bond donors (Lipinski definition) is 1. The van der Waals surface area contributed by atoms with Crippen molar-refractivity contribution in [2.75, 3.05) is 19.3 Å². The highest BCUT2D eigenvalue weighted by atomic mass is 32.2. The Hall–Kier alpha value is -0.220. The summed E-state index contributed by atoms with van der Waals surface area (Å²) in [5.74, 6) is 0.159. The van der Waals surface area contributed by atoms with Gasteiger partial charge in [0.15, 0.2) is 0 Å². The lowest BCUT2D eigenvalue weighted by atomic mass is 10.3. The quantitative estimate of drug-likeness (QED) is 0.740. The van der Waals surface area contributed by atoms with E-state index in [4.69, 9.17) is 0 Å². The fraction of sp³-hybridized carbons (Fsp3) is 0.917. The van der Waals surface area contributed by atoms with Gasteiger partial charge in [0.2, 0.25) is 5.91 Å². The molecular weight excluding hydrogens is 220 g/mol. The molecule has 0 spiro atoms. The molecule has 1 N–H and O–H groups in total. The molecule has 1 aliphatic rings. The monoisotopic (exact) mass is 244 g/mol. The van der Waals surface area contributed by atoms with Gasteiger partial charge in [0.25, 0.3) is 0 Å². The summed E-state index contributed by atoms with van der Waals surface area (Å²) in [5.41, 5.74) is 0. The SMILES string of the molecule is CS[C@H](C)C(=O)NCCN(C(C)C)C1CC1. The molecule has 94 valence electrons. The van der Waals surface area contributed by atoms with Crippen molar-refractivity contribution in [3.63, 3.8) is 0 Å². The zero-order valence-electron chi connectivity index (χ0n) is 10.8. The second kappa shape index (κ2) is 6.50. The third kappa shape index (κ3) is 4.34. The average Bonchev–Trinajstić information content (AvgIpc) is 3.06. The summed E-state index contributed by atoms with van der Waals surface area (Å²) in [4.78, 5) is 14.1. The maximum atomic E-state index is 11.6. The van der Waals surface area contributed by atoms with E-state index >= 15 is 0 Å².